The van der Waals surface area contributed by atoms with Crippen molar-refractivity contribution in [3.8, 4) is 5.75 Å². The Morgan fingerprint density at radius 1 is 0.889 bits per heavy atom. The molecule has 45 heavy (non-hydrogen) atoms. The SMILES string of the molecule is CSCCC(NC(=O)C(N)Cc1c[nH]c2ccccc12)C(=O)NC(Cc1ccc(O)cc1)C(=O)NC(Cc1cnc[nH]1)C(=O)O. The molecule has 4 unspecified atom stereocenters. The van der Waals surface area contributed by atoms with E-state index in [4.69, 9.17) is 5.73 Å². The van der Waals surface area contributed by atoms with Crippen molar-refractivity contribution in [2.24, 2.45) is 5.73 Å². The quantitative estimate of drug-likeness (QED) is 0.0888. The molecule has 14 heteroatoms. The third kappa shape index (κ3) is 9.33. The lowest BCUT2D eigenvalue weighted by atomic mass is 10.0. The molecule has 0 saturated heterocycles. The number of carbonyl (C=O) groups excluding carboxylic acids is 3. The second kappa shape index (κ2) is 15.8. The maximum absolute atomic E-state index is 13.6. The number of rotatable bonds is 16. The summed E-state index contributed by atoms with van der Waals surface area (Å²) in [5, 5.41) is 28.4. The van der Waals surface area contributed by atoms with E-state index in [2.05, 4.69) is 30.9 Å². The number of imidazole rings is 1. The zero-order valence-electron chi connectivity index (χ0n) is 24.7. The van der Waals surface area contributed by atoms with Crippen LogP contribution in [-0.4, -0.2) is 85.0 Å². The molecule has 0 fully saturated rings. The molecular formula is C31H37N7O6S. The van der Waals surface area contributed by atoms with Crippen LogP contribution >= 0.6 is 11.8 Å². The molecule has 0 bridgehead atoms. The van der Waals surface area contributed by atoms with E-state index in [1.807, 2.05) is 30.5 Å². The van der Waals surface area contributed by atoms with Gasteiger partial charge in [0.1, 0.15) is 23.9 Å². The van der Waals surface area contributed by atoms with Gasteiger partial charge in [0.15, 0.2) is 0 Å². The molecule has 3 amide bonds. The molecule has 238 valence electrons. The molecule has 4 rings (SSSR count). The van der Waals surface area contributed by atoms with Crippen LogP contribution in [0.15, 0.2) is 67.3 Å². The summed E-state index contributed by atoms with van der Waals surface area (Å²) in [5.74, 6) is -2.56. The third-order valence-electron chi connectivity index (χ3n) is 7.30. The Labute approximate surface area is 263 Å². The van der Waals surface area contributed by atoms with E-state index in [1.165, 1.54) is 36.4 Å². The number of aromatic nitrogens is 3. The lowest BCUT2D eigenvalue weighted by Gasteiger charge is -2.25. The van der Waals surface area contributed by atoms with Crippen LogP contribution in [0.5, 0.6) is 5.75 Å². The van der Waals surface area contributed by atoms with Gasteiger partial charge in [-0.05, 0) is 54.2 Å². The molecule has 4 atom stereocenters. The monoisotopic (exact) mass is 635 g/mol. The van der Waals surface area contributed by atoms with Crippen LogP contribution in [-0.2, 0) is 38.4 Å². The predicted molar refractivity (Wildman–Crippen MR) is 171 cm³/mol. The summed E-state index contributed by atoms with van der Waals surface area (Å²) in [4.78, 5) is 62.1. The molecule has 13 nitrogen and oxygen atoms in total. The van der Waals surface area contributed by atoms with E-state index < -0.39 is 47.9 Å². The minimum atomic E-state index is -1.30. The van der Waals surface area contributed by atoms with Crippen molar-refractivity contribution in [2.75, 3.05) is 12.0 Å². The minimum Gasteiger partial charge on any atom is -0.508 e. The summed E-state index contributed by atoms with van der Waals surface area (Å²) in [5.41, 5.74) is 9.17. The first-order valence-corrected chi connectivity index (χ1v) is 15.7. The number of aliphatic carboxylic acids is 1. The number of carboxylic acid groups (broad SMARTS) is 1. The largest absolute Gasteiger partial charge is 0.508 e. The Hall–Kier alpha value is -4.82. The van der Waals surface area contributed by atoms with Gasteiger partial charge in [-0.15, -0.1) is 0 Å². The number of nitrogens with one attached hydrogen (secondary N) is 5. The first-order valence-electron chi connectivity index (χ1n) is 14.3. The molecule has 0 saturated carbocycles. The van der Waals surface area contributed by atoms with E-state index in [-0.39, 0.29) is 31.4 Å². The van der Waals surface area contributed by atoms with E-state index in [0.717, 1.165) is 16.5 Å². The summed E-state index contributed by atoms with van der Waals surface area (Å²) >= 11 is 1.49. The first-order chi connectivity index (χ1) is 21.6. The number of carboxylic acids is 1. The van der Waals surface area contributed by atoms with E-state index in [0.29, 0.717) is 17.0 Å². The Balaban J connectivity index is 1.48. The zero-order valence-corrected chi connectivity index (χ0v) is 25.5. The zero-order chi connectivity index (χ0) is 32.3. The number of phenolic OH excluding ortho intramolecular Hbond substituents is 1. The molecule has 4 aromatic rings. The van der Waals surface area contributed by atoms with Crippen molar-refractivity contribution in [3.05, 3.63) is 84.1 Å². The van der Waals surface area contributed by atoms with Crippen molar-refractivity contribution in [1.82, 2.24) is 30.9 Å². The number of thioether (sulfide) groups is 1. The lowest BCUT2D eigenvalue weighted by molar-refractivity contribution is -0.142. The average Bonchev–Trinajstić information content (AvgIpc) is 3.69. The predicted octanol–water partition coefficient (Wildman–Crippen LogP) is 1.24. The minimum absolute atomic E-state index is 0.00246. The van der Waals surface area contributed by atoms with Gasteiger partial charge in [-0.2, -0.15) is 11.8 Å². The van der Waals surface area contributed by atoms with E-state index >= 15 is 0 Å². The number of nitrogens with two attached hydrogens (primary N) is 1. The topological polar surface area (TPSA) is 215 Å². The highest BCUT2D eigenvalue weighted by Gasteiger charge is 2.31. The fourth-order valence-corrected chi connectivity index (χ4v) is 5.32. The van der Waals surface area contributed by atoms with Gasteiger partial charge in [-0.1, -0.05) is 30.3 Å². The lowest BCUT2D eigenvalue weighted by Crippen LogP contribution is -2.58. The number of aromatic hydroxyl groups is 1. The summed E-state index contributed by atoms with van der Waals surface area (Å²) in [7, 11) is 0. The molecule has 0 spiro atoms. The van der Waals surface area contributed by atoms with Gasteiger partial charge in [0.25, 0.3) is 0 Å². The Morgan fingerprint density at radius 2 is 1.58 bits per heavy atom. The second-order valence-electron chi connectivity index (χ2n) is 10.6. The second-order valence-corrected chi connectivity index (χ2v) is 11.6. The van der Waals surface area contributed by atoms with Crippen molar-refractivity contribution in [2.45, 2.75) is 49.9 Å². The van der Waals surface area contributed by atoms with Gasteiger partial charge >= 0.3 is 5.97 Å². The molecule has 0 aliphatic carbocycles. The van der Waals surface area contributed by atoms with Gasteiger partial charge in [0, 0.05) is 41.8 Å². The third-order valence-corrected chi connectivity index (χ3v) is 7.94. The smallest absolute Gasteiger partial charge is 0.326 e. The molecule has 0 aliphatic rings. The fourth-order valence-electron chi connectivity index (χ4n) is 4.85. The maximum Gasteiger partial charge on any atom is 0.326 e. The number of hydrogen-bond acceptors (Lipinski definition) is 8. The molecule has 2 aromatic heterocycles. The maximum atomic E-state index is 13.6. The summed E-state index contributed by atoms with van der Waals surface area (Å²) in [6.07, 6.45) is 6.99. The van der Waals surface area contributed by atoms with Crippen LogP contribution in [0.1, 0.15) is 23.2 Å². The Morgan fingerprint density at radius 3 is 2.27 bits per heavy atom. The molecular weight excluding hydrogens is 598 g/mol. The van der Waals surface area contributed by atoms with Gasteiger partial charge in [-0.25, -0.2) is 9.78 Å². The number of benzene rings is 2. The van der Waals surface area contributed by atoms with Gasteiger partial charge in [0.05, 0.1) is 12.4 Å². The number of H-pyrrole nitrogens is 2. The summed E-state index contributed by atoms with van der Waals surface area (Å²) in [6.45, 7) is 0. The standard InChI is InChI=1S/C31H37N7O6S/c1-45-11-10-25(36-28(40)23(32)13-19-15-34-24-5-3-2-4-22(19)24)29(41)37-26(12-18-6-8-21(39)9-7-18)30(42)38-27(31(43)44)14-20-16-33-17-35-20/h2-9,15-17,23,25-27,34,39H,10-14,32H2,1H3,(H,33,35)(H,36,40)(H,37,41)(H,38,42)(H,43,44). The number of hydrogen-bond donors (Lipinski definition) is 8. The van der Waals surface area contributed by atoms with Gasteiger partial charge < -0.3 is 41.9 Å². The van der Waals surface area contributed by atoms with E-state index in [1.54, 1.807) is 18.3 Å². The van der Waals surface area contributed by atoms with Crippen LogP contribution in [0.25, 0.3) is 10.9 Å². The fraction of sp³-hybridized carbons (Fsp3) is 0.323. The van der Waals surface area contributed by atoms with Crippen molar-refractivity contribution in [3.63, 3.8) is 0 Å². The van der Waals surface area contributed by atoms with Gasteiger partial charge in [-0.3, -0.25) is 14.4 Å². The average molecular weight is 636 g/mol. The number of amides is 3. The van der Waals surface area contributed by atoms with Crippen LogP contribution in [0.3, 0.4) is 0 Å². The number of aromatic amines is 2. The highest BCUT2D eigenvalue weighted by atomic mass is 32.2. The highest BCUT2D eigenvalue weighted by molar-refractivity contribution is 7.98. The number of fused-ring (bicyclic) bond motifs is 1. The van der Waals surface area contributed by atoms with Crippen molar-refractivity contribution >= 4 is 46.4 Å². The molecule has 0 aliphatic heterocycles. The first kappa shape index (κ1) is 33.1. The molecule has 0 radical (unpaired) electrons. The van der Waals surface area contributed by atoms with Crippen LogP contribution in [0, 0.1) is 0 Å². The number of phenols is 1. The summed E-state index contributed by atoms with van der Waals surface area (Å²) in [6, 6.07) is 9.30. The highest BCUT2D eigenvalue weighted by Crippen LogP contribution is 2.19. The Kier molecular flexibility index (Phi) is 11.6. The molecule has 9 N–H and O–H groups in total. The summed E-state index contributed by atoms with van der Waals surface area (Å²) < 4.78 is 0. The normalized spacial score (nSPS) is 13.8. The van der Waals surface area contributed by atoms with Crippen LogP contribution < -0.4 is 21.7 Å². The van der Waals surface area contributed by atoms with Crippen molar-refractivity contribution in [1.29, 1.82) is 0 Å². The molecule has 2 aromatic carbocycles. The molecule has 2 heterocycles. The van der Waals surface area contributed by atoms with Crippen LogP contribution in [0.4, 0.5) is 0 Å². The Bertz CT molecular complexity index is 1590. The number of nitrogens with zero attached hydrogens (tertiary/aromatic N) is 1. The van der Waals surface area contributed by atoms with Crippen LogP contribution in [0.2, 0.25) is 0 Å². The van der Waals surface area contributed by atoms with Gasteiger partial charge in [0.2, 0.25) is 17.7 Å². The number of carbonyl (C=O) groups is 4. The van der Waals surface area contributed by atoms with Crippen molar-refractivity contribution < 1.29 is 29.4 Å². The number of para-hydroxylation sites is 1. The van der Waals surface area contributed by atoms with E-state index in [9.17, 15) is 29.4 Å².